The van der Waals surface area contributed by atoms with Crippen molar-refractivity contribution in [2.75, 3.05) is 0 Å². The van der Waals surface area contributed by atoms with Gasteiger partial charge in [0.1, 0.15) is 0 Å². The van der Waals surface area contributed by atoms with E-state index in [0.717, 1.165) is 36.8 Å². The molecule has 0 saturated heterocycles. The Morgan fingerprint density at radius 2 is 1.68 bits per heavy atom. The summed E-state index contributed by atoms with van der Waals surface area (Å²) in [6.07, 6.45) is 8.88. The molecule has 1 aliphatic rings. The lowest BCUT2D eigenvalue weighted by molar-refractivity contribution is -0.128. The maximum atomic E-state index is 13.0. The van der Waals surface area contributed by atoms with E-state index in [-0.39, 0.29) is 11.3 Å². The van der Waals surface area contributed by atoms with Gasteiger partial charge in [-0.05, 0) is 36.1 Å². The van der Waals surface area contributed by atoms with E-state index in [9.17, 15) is 4.79 Å². The van der Waals surface area contributed by atoms with Crippen LogP contribution in [0.1, 0.15) is 43.2 Å². The van der Waals surface area contributed by atoms with Crippen LogP contribution in [0.15, 0.2) is 54.9 Å². The number of benzene rings is 1. The van der Waals surface area contributed by atoms with Gasteiger partial charge in [-0.2, -0.15) is 0 Å². The van der Waals surface area contributed by atoms with Crippen molar-refractivity contribution in [1.29, 1.82) is 0 Å². The van der Waals surface area contributed by atoms with Crippen LogP contribution < -0.4 is 5.32 Å². The van der Waals surface area contributed by atoms with Crippen molar-refractivity contribution in [3.05, 3.63) is 66.0 Å². The number of amides is 1. The first-order valence-corrected chi connectivity index (χ1v) is 8.04. The lowest BCUT2D eigenvalue weighted by atomic mass is 9.68. The van der Waals surface area contributed by atoms with Gasteiger partial charge in [0, 0.05) is 18.9 Å². The normalized spacial score (nSPS) is 16.9. The number of nitrogens with zero attached hydrogens (tertiary/aromatic N) is 1. The van der Waals surface area contributed by atoms with Gasteiger partial charge in [0.25, 0.3) is 0 Å². The van der Waals surface area contributed by atoms with Gasteiger partial charge in [-0.25, -0.2) is 0 Å². The fraction of sp³-hybridized carbons (Fsp3) is 0.368. The number of aromatic nitrogens is 1. The zero-order valence-corrected chi connectivity index (χ0v) is 12.8. The quantitative estimate of drug-likeness (QED) is 0.936. The molecule has 1 aliphatic carbocycles. The van der Waals surface area contributed by atoms with Crippen molar-refractivity contribution in [2.24, 2.45) is 0 Å². The zero-order chi connectivity index (χ0) is 15.3. The summed E-state index contributed by atoms with van der Waals surface area (Å²) >= 11 is 0. The highest BCUT2D eigenvalue weighted by Gasteiger charge is 2.40. The molecular weight excluding hydrogens is 272 g/mol. The number of rotatable bonds is 4. The Bertz CT molecular complexity index is 604. The molecule has 0 spiro atoms. The maximum Gasteiger partial charge on any atom is 0.230 e. The van der Waals surface area contributed by atoms with Crippen LogP contribution in [0.3, 0.4) is 0 Å². The molecule has 0 atom stereocenters. The first-order valence-electron chi connectivity index (χ1n) is 8.04. The minimum absolute atomic E-state index is 0.162. The molecule has 1 saturated carbocycles. The fourth-order valence-electron chi connectivity index (χ4n) is 3.41. The summed E-state index contributed by atoms with van der Waals surface area (Å²) in [4.78, 5) is 17.0. The van der Waals surface area contributed by atoms with Gasteiger partial charge >= 0.3 is 0 Å². The number of carbonyl (C=O) groups excluding carboxylic acids is 1. The number of carbonyl (C=O) groups is 1. The van der Waals surface area contributed by atoms with Crippen LogP contribution in [-0.2, 0) is 16.8 Å². The molecular formula is C19H22N2O. The van der Waals surface area contributed by atoms with E-state index in [0.29, 0.717) is 6.54 Å². The molecule has 1 amide bonds. The van der Waals surface area contributed by atoms with Crippen molar-refractivity contribution in [2.45, 2.75) is 44.1 Å². The third-order valence-electron chi connectivity index (χ3n) is 4.67. The Hall–Kier alpha value is -2.16. The highest BCUT2D eigenvalue weighted by Crippen LogP contribution is 2.39. The second-order valence-corrected chi connectivity index (χ2v) is 6.05. The Labute approximate surface area is 131 Å². The molecule has 1 aromatic heterocycles. The van der Waals surface area contributed by atoms with E-state index in [1.807, 2.05) is 30.3 Å². The second kappa shape index (κ2) is 6.73. The smallest absolute Gasteiger partial charge is 0.230 e. The Kier molecular flexibility index (Phi) is 4.52. The number of nitrogens with one attached hydrogen (secondary N) is 1. The van der Waals surface area contributed by atoms with Crippen molar-refractivity contribution in [1.82, 2.24) is 10.3 Å². The first-order chi connectivity index (χ1) is 10.8. The van der Waals surface area contributed by atoms with Crippen LogP contribution in [0.5, 0.6) is 0 Å². The summed E-state index contributed by atoms with van der Waals surface area (Å²) in [5.41, 5.74) is 1.89. The van der Waals surface area contributed by atoms with Gasteiger partial charge in [-0.15, -0.1) is 0 Å². The summed E-state index contributed by atoms with van der Waals surface area (Å²) in [7, 11) is 0. The molecule has 3 heteroatoms. The fourth-order valence-corrected chi connectivity index (χ4v) is 3.41. The molecule has 0 radical (unpaired) electrons. The van der Waals surface area contributed by atoms with Gasteiger partial charge in [0.15, 0.2) is 0 Å². The van der Waals surface area contributed by atoms with Crippen LogP contribution in [-0.4, -0.2) is 10.9 Å². The number of hydrogen-bond acceptors (Lipinski definition) is 2. The number of pyridine rings is 1. The highest BCUT2D eigenvalue weighted by atomic mass is 16.2. The molecule has 1 N–H and O–H groups in total. The minimum Gasteiger partial charge on any atom is -0.351 e. The van der Waals surface area contributed by atoms with Crippen LogP contribution in [0.25, 0.3) is 0 Å². The molecule has 3 rings (SSSR count). The average Bonchev–Trinajstić information content (AvgIpc) is 2.62. The maximum absolute atomic E-state index is 13.0. The van der Waals surface area contributed by atoms with Crippen molar-refractivity contribution < 1.29 is 4.79 Å². The van der Waals surface area contributed by atoms with Gasteiger partial charge in [-0.1, -0.05) is 49.6 Å². The Balaban J connectivity index is 1.79. The molecule has 1 aromatic carbocycles. The van der Waals surface area contributed by atoms with Gasteiger partial charge in [0.05, 0.1) is 5.41 Å². The average molecular weight is 294 g/mol. The van der Waals surface area contributed by atoms with Crippen LogP contribution in [0.4, 0.5) is 0 Å². The topological polar surface area (TPSA) is 42.0 Å². The molecule has 2 aromatic rings. The monoisotopic (exact) mass is 294 g/mol. The van der Waals surface area contributed by atoms with Gasteiger partial charge in [-0.3, -0.25) is 9.78 Å². The summed E-state index contributed by atoms with van der Waals surface area (Å²) in [5, 5.41) is 3.14. The lowest BCUT2D eigenvalue weighted by Crippen LogP contribution is -2.45. The van der Waals surface area contributed by atoms with Crippen LogP contribution in [0.2, 0.25) is 0 Å². The Morgan fingerprint density at radius 3 is 2.36 bits per heavy atom. The minimum atomic E-state index is -0.355. The van der Waals surface area contributed by atoms with Crippen molar-refractivity contribution >= 4 is 5.91 Å². The number of hydrogen-bond donors (Lipinski definition) is 1. The molecule has 1 heterocycles. The second-order valence-electron chi connectivity index (χ2n) is 6.05. The molecule has 3 nitrogen and oxygen atoms in total. The van der Waals surface area contributed by atoms with Crippen molar-refractivity contribution in [3.8, 4) is 0 Å². The Morgan fingerprint density at radius 1 is 1.00 bits per heavy atom. The summed E-state index contributed by atoms with van der Waals surface area (Å²) in [5.74, 6) is 0.162. The van der Waals surface area contributed by atoms with E-state index in [2.05, 4.69) is 22.4 Å². The predicted molar refractivity (Wildman–Crippen MR) is 87.3 cm³/mol. The van der Waals surface area contributed by atoms with E-state index in [1.165, 1.54) is 6.42 Å². The van der Waals surface area contributed by atoms with E-state index in [1.54, 1.807) is 12.4 Å². The zero-order valence-electron chi connectivity index (χ0n) is 12.8. The predicted octanol–water partition coefficient (Wildman–Crippen LogP) is 3.60. The molecule has 114 valence electrons. The summed E-state index contributed by atoms with van der Waals surface area (Å²) < 4.78 is 0. The third-order valence-corrected chi connectivity index (χ3v) is 4.67. The van der Waals surface area contributed by atoms with Crippen molar-refractivity contribution in [3.63, 3.8) is 0 Å². The molecule has 0 unspecified atom stereocenters. The van der Waals surface area contributed by atoms with E-state index in [4.69, 9.17) is 0 Å². The molecule has 0 aliphatic heterocycles. The SMILES string of the molecule is O=C(NCc1ccncc1)C1(c2ccccc2)CCCCC1. The van der Waals surface area contributed by atoms with Gasteiger partial charge in [0.2, 0.25) is 5.91 Å². The molecule has 1 fully saturated rings. The van der Waals surface area contributed by atoms with Gasteiger partial charge < -0.3 is 5.32 Å². The van der Waals surface area contributed by atoms with E-state index >= 15 is 0 Å². The first kappa shape index (κ1) is 14.8. The standard InChI is InChI=1S/C19H22N2O/c22-18(21-15-16-9-13-20-14-10-16)19(11-5-2-6-12-19)17-7-3-1-4-8-17/h1,3-4,7-10,13-14H,2,5-6,11-12,15H2,(H,21,22). The molecule has 22 heavy (non-hydrogen) atoms. The lowest BCUT2D eigenvalue weighted by Gasteiger charge is -2.36. The van der Waals surface area contributed by atoms with E-state index < -0.39 is 0 Å². The highest BCUT2D eigenvalue weighted by molar-refractivity contribution is 5.88. The summed E-state index contributed by atoms with van der Waals surface area (Å²) in [6.45, 7) is 0.565. The van der Waals surface area contributed by atoms with Crippen LogP contribution in [0, 0.1) is 0 Å². The summed E-state index contributed by atoms with van der Waals surface area (Å²) in [6, 6.07) is 14.1. The van der Waals surface area contributed by atoms with Crippen LogP contribution >= 0.6 is 0 Å². The molecule has 0 bridgehead atoms. The third kappa shape index (κ3) is 3.03. The largest absolute Gasteiger partial charge is 0.351 e.